The number of hydrogen-bond acceptors (Lipinski definition) is 1. The molecule has 0 fully saturated rings. The predicted octanol–water partition coefficient (Wildman–Crippen LogP) is 4.76. The van der Waals surface area contributed by atoms with Crippen molar-refractivity contribution in [2.24, 2.45) is 0 Å². The Morgan fingerprint density at radius 1 is 0.789 bits per heavy atom. The highest BCUT2D eigenvalue weighted by Gasteiger charge is 2.38. The molecule has 0 atom stereocenters. The molecule has 0 aliphatic carbocycles. The van der Waals surface area contributed by atoms with Crippen LogP contribution in [0.3, 0.4) is 0 Å². The SMILES string of the molecule is O=C(C(c1ccccc1)c1ccccc1)C(Cl)(Cl)Cl. The first-order valence-electron chi connectivity index (χ1n) is 5.71. The standard InChI is InChI=1S/C15H11Cl3O/c16-15(17,18)14(19)13(11-7-3-1-4-8-11)12-9-5-2-6-10-12/h1-10,13H. The first-order chi connectivity index (χ1) is 9.00. The Morgan fingerprint density at radius 2 is 1.16 bits per heavy atom. The Labute approximate surface area is 127 Å². The van der Waals surface area contributed by atoms with E-state index in [4.69, 9.17) is 34.8 Å². The molecule has 0 radical (unpaired) electrons. The van der Waals surface area contributed by atoms with Gasteiger partial charge in [0.05, 0.1) is 5.92 Å². The lowest BCUT2D eigenvalue weighted by Crippen LogP contribution is -2.27. The van der Waals surface area contributed by atoms with Crippen molar-refractivity contribution < 1.29 is 4.79 Å². The maximum absolute atomic E-state index is 12.4. The summed E-state index contributed by atoms with van der Waals surface area (Å²) >= 11 is 17.3. The lowest BCUT2D eigenvalue weighted by Gasteiger charge is -2.20. The molecule has 0 aliphatic heterocycles. The molecule has 0 aliphatic rings. The lowest BCUT2D eigenvalue weighted by atomic mass is 9.88. The number of alkyl halides is 3. The fraction of sp³-hybridized carbons (Fsp3) is 0.133. The first kappa shape index (κ1) is 14.4. The third-order valence-electron chi connectivity index (χ3n) is 2.81. The number of Topliss-reactive ketones (excluding diaryl/α,β-unsaturated/α-hetero) is 1. The van der Waals surface area contributed by atoms with Gasteiger partial charge in [-0.25, -0.2) is 0 Å². The van der Waals surface area contributed by atoms with Crippen LogP contribution in [0.2, 0.25) is 0 Å². The summed E-state index contributed by atoms with van der Waals surface area (Å²) in [6, 6.07) is 18.6. The van der Waals surface area contributed by atoms with Crippen LogP contribution in [0, 0.1) is 0 Å². The molecule has 0 amide bonds. The summed E-state index contributed by atoms with van der Waals surface area (Å²) in [6.45, 7) is 0. The van der Waals surface area contributed by atoms with E-state index < -0.39 is 15.5 Å². The molecular formula is C15H11Cl3O. The Morgan fingerprint density at radius 3 is 1.47 bits per heavy atom. The minimum absolute atomic E-state index is 0.449. The van der Waals surface area contributed by atoms with Crippen LogP contribution in [0.5, 0.6) is 0 Å². The summed E-state index contributed by atoms with van der Waals surface area (Å²) in [4.78, 5) is 12.4. The van der Waals surface area contributed by atoms with E-state index in [-0.39, 0.29) is 0 Å². The zero-order valence-electron chi connectivity index (χ0n) is 9.89. The van der Waals surface area contributed by atoms with Crippen LogP contribution in [-0.2, 0) is 4.79 Å². The Balaban J connectivity index is 2.49. The molecule has 0 heterocycles. The van der Waals surface area contributed by atoms with Crippen molar-refractivity contribution in [1.29, 1.82) is 0 Å². The van der Waals surface area contributed by atoms with Gasteiger partial charge in [0.2, 0.25) is 3.79 Å². The van der Waals surface area contributed by atoms with Gasteiger partial charge in [-0.2, -0.15) is 0 Å². The molecule has 2 rings (SSSR count). The van der Waals surface area contributed by atoms with Gasteiger partial charge in [-0.05, 0) is 11.1 Å². The highest BCUT2D eigenvalue weighted by molar-refractivity contribution is 6.76. The third-order valence-corrected chi connectivity index (χ3v) is 3.37. The zero-order valence-corrected chi connectivity index (χ0v) is 12.2. The van der Waals surface area contributed by atoms with Crippen molar-refractivity contribution in [3.8, 4) is 0 Å². The second-order valence-electron chi connectivity index (χ2n) is 4.12. The van der Waals surface area contributed by atoms with E-state index in [1.165, 1.54) is 0 Å². The molecule has 2 aromatic rings. The van der Waals surface area contributed by atoms with E-state index in [1.54, 1.807) is 0 Å². The molecule has 4 heteroatoms. The van der Waals surface area contributed by atoms with Crippen molar-refractivity contribution in [3.63, 3.8) is 0 Å². The number of halogens is 3. The quantitative estimate of drug-likeness (QED) is 0.747. The molecule has 0 unspecified atom stereocenters. The molecule has 0 saturated heterocycles. The fourth-order valence-corrected chi connectivity index (χ4v) is 2.28. The van der Waals surface area contributed by atoms with Gasteiger partial charge < -0.3 is 0 Å². The summed E-state index contributed by atoms with van der Waals surface area (Å²) in [5.74, 6) is -1.02. The summed E-state index contributed by atoms with van der Waals surface area (Å²) in [6.07, 6.45) is 0. The van der Waals surface area contributed by atoms with Crippen LogP contribution in [-0.4, -0.2) is 9.58 Å². The third kappa shape index (κ3) is 3.50. The second kappa shape index (κ2) is 5.96. The van der Waals surface area contributed by atoms with Gasteiger partial charge >= 0.3 is 0 Å². The highest BCUT2D eigenvalue weighted by atomic mass is 35.6. The number of rotatable bonds is 3. The highest BCUT2D eigenvalue weighted by Crippen LogP contribution is 2.37. The van der Waals surface area contributed by atoms with Crippen LogP contribution in [0.4, 0.5) is 0 Å². The van der Waals surface area contributed by atoms with Crippen LogP contribution in [0.25, 0.3) is 0 Å². The minimum atomic E-state index is -1.93. The van der Waals surface area contributed by atoms with Crippen LogP contribution in [0.15, 0.2) is 60.7 Å². The topological polar surface area (TPSA) is 17.1 Å². The number of carbonyl (C=O) groups excluding carboxylic acids is 1. The van der Waals surface area contributed by atoms with Crippen molar-refractivity contribution in [2.45, 2.75) is 9.71 Å². The molecule has 0 aromatic heterocycles. The Kier molecular flexibility index (Phi) is 4.51. The fourth-order valence-electron chi connectivity index (χ4n) is 1.95. The molecule has 98 valence electrons. The largest absolute Gasteiger partial charge is 0.294 e. The van der Waals surface area contributed by atoms with Crippen LogP contribution in [0.1, 0.15) is 17.0 Å². The molecule has 2 aromatic carbocycles. The summed E-state index contributed by atoms with van der Waals surface area (Å²) < 4.78 is -1.93. The van der Waals surface area contributed by atoms with Gasteiger partial charge in [0, 0.05) is 0 Å². The number of benzene rings is 2. The molecule has 0 bridgehead atoms. The van der Waals surface area contributed by atoms with E-state index in [1.807, 2.05) is 60.7 Å². The van der Waals surface area contributed by atoms with Gasteiger partial charge in [-0.15, -0.1) is 0 Å². The summed E-state index contributed by atoms with van der Waals surface area (Å²) in [5, 5.41) is 0. The maximum Gasteiger partial charge on any atom is 0.249 e. The van der Waals surface area contributed by atoms with Crippen molar-refractivity contribution in [2.75, 3.05) is 0 Å². The molecule has 0 spiro atoms. The van der Waals surface area contributed by atoms with E-state index in [2.05, 4.69) is 0 Å². The van der Waals surface area contributed by atoms with Gasteiger partial charge in [0.25, 0.3) is 0 Å². The monoisotopic (exact) mass is 312 g/mol. The summed E-state index contributed by atoms with van der Waals surface area (Å²) in [5.41, 5.74) is 1.62. The predicted molar refractivity (Wildman–Crippen MR) is 80.0 cm³/mol. The molecule has 0 saturated carbocycles. The number of carbonyl (C=O) groups is 1. The number of ketones is 1. The first-order valence-corrected chi connectivity index (χ1v) is 6.84. The van der Waals surface area contributed by atoms with Crippen molar-refractivity contribution in [1.82, 2.24) is 0 Å². The van der Waals surface area contributed by atoms with Gasteiger partial charge in [0.15, 0.2) is 5.78 Å². The molecule has 0 N–H and O–H groups in total. The number of hydrogen-bond donors (Lipinski definition) is 0. The van der Waals surface area contributed by atoms with Gasteiger partial charge in [0.1, 0.15) is 0 Å². The van der Waals surface area contributed by atoms with E-state index >= 15 is 0 Å². The van der Waals surface area contributed by atoms with E-state index in [0.717, 1.165) is 11.1 Å². The van der Waals surface area contributed by atoms with Crippen LogP contribution >= 0.6 is 34.8 Å². The van der Waals surface area contributed by atoms with Crippen LogP contribution < -0.4 is 0 Å². The van der Waals surface area contributed by atoms with Crippen molar-refractivity contribution in [3.05, 3.63) is 71.8 Å². The molecule has 19 heavy (non-hydrogen) atoms. The normalized spacial score (nSPS) is 11.6. The Bertz CT molecular complexity index is 507. The minimum Gasteiger partial charge on any atom is -0.294 e. The van der Waals surface area contributed by atoms with Gasteiger partial charge in [-0.3, -0.25) is 4.79 Å². The lowest BCUT2D eigenvalue weighted by molar-refractivity contribution is -0.118. The van der Waals surface area contributed by atoms with E-state index in [0.29, 0.717) is 0 Å². The average molecular weight is 314 g/mol. The average Bonchev–Trinajstić information content (AvgIpc) is 2.40. The molecule has 1 nitrogen and oxygen atoms in total. The maximum atomic E-state index is 12.4. The Hall–Kier alpha value is -1.02. The zero-order chi connectivity index (χ0) is 13.9. The van der Waals surface area contributed by atoms with E-state index in [9.17, 15) is 4.79 Å². The second-order valence-corrected chi connectivity index (χ2v) is 6.40. The van der Waals surface area contributed by atoms with Gasteiger partial charge in [-0.1, -0.05) is 95.5 Å². The summed E-state index contributed by atoms with van der Waals surface area (Å²) in [7, 11) is 0. The smallest absolute Gasteiger partial charge is 0.249 e. The molecular weight excluding hydrogens is 303 g/mol. The van der Waals surface area contributed by atoms with Crippen molar-refractivity contribution >= 4 is 40.6 Å².